The maximum absolute atomic E-state index is 12.0. The van der Waals surface area contributed by atoms with Gasteiger partial charge in [-0.1, -0.05) is 0 Å². The Morgan fingerprint density at radius 2 is 2.30 bits per heavy atom. The average Bonchev–Trinajstić information content (AvgIpc) is 2.92. The van der Waals surface area contributed by atoms with Crippen LogP contribution in [0, 0.1) is 10.1 Å². The number of aromatic nitrogens is 1. The van der Waals surface area contributed by atoms with Crippen molar-refractivity contribution >= 4 is 22.9 Å². The van der Waals surface area contributed by atoms with Crippen LogP contribution in [0.5, 0.6) is 5.75 Å². The molecular formula is C12H11N3O4S. The molecule has 0 aliphatic heterocycles. The van der Waals surface area contributed by atoms with E-state index in [9.17, 15) is 20.0 Å². The van der Waals surface area contributed by atoms with Crippen LogP contribution in [-0.4, -0.2) is 20.9 Å². The van der Waals surface area contributed by atoms with Crippen LogP contribution < -0.4 is 5.32 Å². The molecule has 0 unspecified atom stereocenters. The Balaban J connectivity index is 2.15. The summed E-state index contributed by atoms with van der Waals surface area (Å²) < 4.78 is 0. The van der Waals surface area contributed by atoms with Crippen molar-refractivity contribution in [1.82, 2.24) is 10.3 Å². The zero-order valence-corrected chi connectivity index (χ0v) is 11.3. The number of non-ortho nitro benzene ring substituents is 1. The summed E-state index contributed by atoms with van der Waals surface area (Å²) in [7, 11) is 0. The standard InChI is InChI=1S/C12H11N3O4S/c1-7(12-13-4-5-20-12)14-11(17)9-3-2-8(15(18)19)6-10(9)16/h2-7,16H,1H3,(H,14,17)/t7-/m0/s1. The molecule has 1 aromatic carbocycles. The second-order valence-electron chi connectivity index (χ2n) is 4.02. The summed E-state index contributed by atoms with van der Waals surface area (Å²) in [6, 6.07) is 3.03. The fraction of sp³-hybridized carbons (Fsp3) is 0.167. The third-order valence-electron chi connectivity index (χ3n) is 2.61. The third kappa shape index (κ3) is 2.91. The smallest absolute Gasteiger partial charge is 0.273 e. The summed E-state index contributed by atoms with van der Waals surface area (Å²) in [6.45, 7) is 1.76. The maximum atomic E-state index is 12.0. The SMILES string of the molecule is C[C@H](NC(=O)c1ccc([N+](=O)[O-])cc1O)c1nccs1. The van der Waals surface area contributed by atoms with Gasteiger partial charge in [-0.25, -0.2) is 4.98 Å². The molecule has 1 aromatic heterocycles. The van der Waals surface area contributed by atoms with E-state index in [1.165, 1.54) is 23.5 Å². The van der Waals surface area contributed by atoms with Gasteiger partial charge in [0.25, 0.3) is 11.6 Å². The number of nitrogens with one attached hydrogen (secondary N) is 1. The van der Waals surface area contributed by atoms with E-state index >= 15 is 0 Å². The highest BCUT2D eigenvalue weighted by molar-refractivity contribution is 7.09. The molecule has 0 bridgehead atoms. The molecular weight excluding hydrogens is 282 g/mol. The number of hydrogen-bond acceptors (Lipinski definition) is 6. The molecule has 0 aliphatic rings. The molecule has 1 heterocycles. The summed E-state index contributed by atoms with van der Waals surface area (Å²) in [5, 5.41) is 25.4. The molecule has 0 saturated carbocycles. The van der Waals surface area contributed by atoms with Gasteiger partial charge in [0, 0.05) is 17.6 Å². The number of rotatable bonds is 4. The topological polar surface area (TPSA) is 105 Å². The van der Waals surface area contributed by atoms with Crippen molar-refractivity contribution in [3.05, 3.63) is 50.5 Å². The lowest BCUT2D eigenvalue weighted by molar-refractivity contribution is -0.384. The van der Waals surface area contributed by atoms with E-state index in [0.29, 0.717) is 0 Å². The van der Waals surface area contributed by atoms with E-state index in [2.05, 4.69) is 10.3 Å². The maximum Gasteiger partial charge on any atom is 0.273 e. The fourth-order valence-electron chi connectivity index (χ4n) is 1.61. The van der Waals surface area contributed by atoms with Crippen molar-refractivity contribution in [3.8, 4) is 5.75 Å². The summed E-state index contributed by atoms with van der Waals surface area (Å²) in [5.74, 6) is -0.942. The average molecular weight is 293 g/mol. The van der Waals surface area contributed by atoms with Crippen molar-refractivity contribution < 1.29 is 14.8 Å². The van der Waals surface area contributed by atoms with Crippen molar-refractivity contribution in [2.24, 2.45) is 0 Å². The van der Waals surface area contributed by atoms with Gasteiger partial charge < -0.3 is 10.4 Å². The van der Waals surface area contributed by atoms with Gasteiger partial charge >= 0.3 is 0 Å². The molecule has 8 heteroatoms. The molecule has 104 valence electrons. The van der Waals surface area contributed by atoms with Gasteiger partial charge in [0.15, 0.2) is 0 Å². The van der Waals surface area contributed by atoms with Crippen LogP contribution in [0.1, 0.15) is 28.3 Å². The van der Waals surface area contributed by atoms with E-state index in [1.54, 1.807) is 18.5 Å². The number of hydrogen-bond donors (Lipinski definition) is 2. The molecule has 2 rings (SSSR count). The number of amides is 1. The first kappa shape index (κ1) is 13.9. The largest absolute Gasteiger partial charge is 0.507 e. The van der Waals surface area contributed by atoms with Gasteiger partial charge in [0.1, 0.15) is 10.8 Å². The molecule has 1 amide bonds. The van der Waals surface area contributed by atoms with Crippen molar-refractivity contribution in [3.63, 3.8) is 0 Å². The van der Waals surface area contributed by atoms with Gasteiger partial charge in [-0.2, -0.15) is 0 Å². The number of thiazole rings is 1. The Hall–Kier alpha value is -2.48. The Labute approximate surface area is 118 Å². The molecule has 0 spiro atoms. The van der Waals surface area contributed by atoms with Gasteiger partial charge in [-0.05, 0) is 13.0 Å². The summed E-state index contributed by atoms with van der Waals surface area (Å²) in [5.41, 5.74) is -0.286. The number of carbonyl (C=O) groups is 1. The Morgan fingerprint density at radius 3 is 2.85 bits per heavy atom. The second kappa shape index (κ2) is 5.66. The number of nitro groups is 1. The van der Waals surface area contributed by atoms with Crippen LogP contribution in [0.15, 0.2) is 29.8 Å². The van der Waals surface area contributed by atoms with Crippen molar-refractivity contribution in [2.45, 2.75) is 13.0 Å². The van der Waals surface area contributed by atoms with Gasteiger partial charge in [0.05, 0.1) is 22.6 Å². The number of benzene rings is 1. The Kier molecular flexibility index (Phi) is 3.94. The fourth-order valence-corrected chi connectivity index (χ4v) is 2.26. The van der Waals surface area contributed by atoms with Crippen LogP contribution in [0.4, 0.5) is 5.69 Å². The van der Waals surface area contributed by atoms with E-state index in [1.807, 2.05) is 0 Å². The number of phenols is 1. The molecule has 0 fully saturated rings. The lowest BCUT2D eigenvalue weighted by Gasteiger charge is -2.11. The molecule has 20 heavy (non-hydrogen) atoms. The van der Waals surface area contributed by atoms with Crippen LogP contribution in [0.25, 0.3) is 0 Å². The minimum absolute atomic E-state index is 0.0148. The van der Waals surface area contributed by atoms with E-state index in [-0.39, 0.29) is 17.3 Å². The first-order chi connectivity index (χ1) is 9.49. The lowest BCUT2D eigenvalue weighted by Crippen LogP contribution is -2.26. The van der Waals surface area contributed by atoms with E-state index in [0.717, 1.165) is 11.1 Å². The van der Waals surface area contributed by atoms with Gasteiger partial charge in [-0.15, -0.1) is 11.3 Å². The van der Waals surface area contributed by atoms with Crippen molar-refractivity contribution in [2.75, 3.05) is 0 Å². The van der Waals surface area contributed by atoms with Crippen LogP contribution >= 0.6 is 11.3 Å². The second-order valence-corrected chi connectivity index (χ2v) is 4.95. The summed E-state index contributed by atoms with van der Waals surface area (Å²) in [4.78, 5) is 26.0. The molecule has 1 atom stereocenters. The number of nitro benzene ring substituents is 1. The zero-order valence-electron chi connectivity index (χ0n) is 10.4. The summed E-state index contributed by atoms with van der Waals surface area (Å²) in [6.07, 6.45) is 1.63. The van der Waals surface area contributed by atoms with Gasteiger partial charge in [-0.3, -0.25) is 14.9 Å². The molecule has 0 saturated heterocycles. The molecule has 2 N–H and O–H groups in total. The van der Waals surface area contributed by atoms with Crippen LogP contribution in [0.3, 0.4) is 0 Å². The van der Waals surface area contributed by atoms with Gasteiger partial charge in [0.2, 0.25) is 0 Å². The van der Waals surface area contributed by atoms with E-state index in [4.69, 9.17) is 0 Å². The van der Waals surface area contributed by atoms with Crippen LogP contribution in [-0.2, 0) is 0 Å². The third-order valence-corrected chi connectivity index (χ3v) is 3.56. The molecule has 0 aliphatic carbocycles. The van der Waals surface area contributed by atoms with E-state index < -0.39 is 16.6 Å². The number of carbonyl (C=O) groups excluding carboxylic acids is 1. The Bertz CT molecular complexity index is 642. The predicted octanol–water partition coefficient (Wildman–Crippen LogP) is 2.25. The highest BCUT2D eigenvalue weighted by atomic mass is 32.1. The normalized spacial score (nSPS) is 11.8. The van der Waals surface area contributed by atoms with Crippen molar-refractivity contribution in [1.29, 1.82) is 0 Å². The predicted molar refractivity (Wildman–Crippen MR) is 72.8 cm³/mol. The highest BCUT2D eigenvalue weighted by Gasteiger charge is 2.18. The molecule has 7 nitrogen and oxygen atoms in total. The number of phenolic OH excluding ortho intramolecular Hbond substituents is 1. The molecule has 2 aromatic rings. The highest BCUT2D eigenvalue weighted by Crippen LogP contribution is 2.24. The zero-order chi connectivity index (χ0) is 14.7. The molecule has 0 radical (unpaired) electrons. The minimum Gasteiger partial charge on any atom is -0.507 e. The summed E-state index contributed by atoms with van der Waals surface area (Å²) >= 11 is 1.40. The van der Waals surface area contributed by atoms with Crippen LogP contribution in [0.2, 0.25) is 0 Å². The number of nitrogens with zero attached hydrogens (tertiary/aromatic N) is 2. The lowest BCUT2D eigenvalue weighted by atomic mass is 10.1. The Morgan fingerprint density at radius 1 is 1.55 bits per heavy atom. The first-order valence-corrected chi connectivity index (χ1v) is 6.54. The quantitative estimate of drug-likeness (QED) is 0.664. The minimum atomic E-state index is -0.639. The number of aromatic hydroxyl groups is 1. The monoisotopic (exact) mass is 293 g/mol. The first-order valence-electron chi connectivity index (χ1n) is 5.66.